The summed E-state index contributed by atoms with van der Waals surface area (Å²) in [6, 6.07) is 0.255. The van der Waals surface area contributed by atoms with Crippen LogP contribution in [0.2, 0.25) is 0 Å². The number of methoxy groups -OCH3 is 1. The minimum absolute atomic E-state index is 0.00337. The summed E-state index contributed by atoms with van der Waals surface area (Å²) < 4.78 is 4.88. The Morgan fingerprint density at radius 1 is 1.60 bits per heavy atom. The number of amides is 1. The zero-order valence-electron chi connectivity index (χ0n) is 9.24. The van der Waals surface area contributed by atoms with Crippen LogP contribution in [0.5, 0.6) is 0 Å². The summed E-state index contributed by atoms with van der Waals surface area (Å²) in [4.78, 5) is 13.7. The summed E-state index contributed by atoms with van der Waals surface area (Å²) in [5, 5.41) is 9.49. The van der Waals surface area contributed by atoms with Gasteiger partial charge in [-0.1, -0.05) is 6.42 Å². The highest BCUT2D eigenvalue weighted by atomic mass is 16.5. The molecule has 2 unspecified atom stereocenters. The lowest BCUT2D eigenvalue weighted by atomic mass is 9.83. The molecule has 2 atom stereocenters. The third-order valence-corrected chi connectivity index (χ3v) is 3.99. The molecule has 1 N–H and O–H groups in total. The van der Waals surface area contributed by atoms with Crippen LogP contribution in [0.25, 0.3) is 0 Å². The standard InChI is InChI=1S/C11H19NO3/c1-15-7-10(14)12-6-5-11(8-13)4-2-3-9(11)12/h9,13H,2-8H2,1H3. The molecular weight excluding hydrogens is 194 g/mol. The second-order valence-corrected chi connectivity index (χ2v) is 4.70. The summed E-state index contributed by atoms with van der Waals surface area (Å²) in [6.07, 6.45) is 4.17. The lowest BCUT2D eigenvalue weighted by Crippen LogP contribution is -2.42. The van der Waals surface area contributed by atoms with E-state index in [0.29, 0.717) is 0 Å². The Hall–Kier alpha value is -0.610. The first kappa shape index (κ1) is 10.9. The Labute approximate surface area is 90.2 Å². The molecule has 1 heterocycles. The molecule has 0 radical (unpaired) electrons. The van der Waals surface area contributed by atoms with Crippen molar-refractivity contribution in [2.45, 2.75) is 31.7 Å². The molecule has 1 aliphatic carbocycles. The van der Waals surface area contributed by atoms with Gasteiger partial charge < -0.3 is 14.7 Å². The Morgan fingerprint density at radius 2 is 2.40 bits per heavy atom. The zero-order valence-corrected chi connectivity index (χ0v) is 9.24. The number of hydrogen-bond donors (Lipinski definition) is 1. The van der Waals surface area contributed by atoms with Gasteiger partial charge in [0, 0.05) is 25.1 Å². The minimum Gasteiger partial charge on any atom is -0.396 e. The maximum atomic E-state index is 11.8. The number of hydrogen-bond acceptors (Lipinski definition) is 3. The van der Waals surface area contributed by atoms with Gasteiger partial charge in [0.05, 0.1) is 6.61 Å². The van der Waals surface area contributed by atoms with Gasteiger partial charge in [-0.3, -0.25) is 4.79 Å². The van der Waals surface area contributed by atoms with Crippen LogP contribution >= 0.6 is 0 Å². The second-order valence-electron chi connectivity index (χ2n) is 4.70. The number of rotatable bonds is 3. The highest BCUT2D eigenvalue weighted by Crippen LogP contribution is 2.48. The molecule has 1 saturated carbocycles. The molecule has 1 saturated heterocycles. The van der Waals surface area contributed by atoms with Gasteiger partial charge in [-0.2, -0.15) is 0 Å². The highest BCUT2D eigenvalue weighted by molar-refractivity contribution is 5.78. The van der Waals surface area contributed by atoms with E-state index in [-0.39, 0.29) is 30.6 Å². The fourth-order valence-electron chi connectivity index (χ4n) is 3.17. The van der Waals surface area contributed by atoms with Crippen molar-refractivity contribution in [2.75, 3.05) is 26.9 Å². The van der Waals surface area contributed by atoms with Gasteiger partial charge in [0.1, 0.15) is 6.61 Å². The zero-order chi connectivity index (χ0) is 10.9. The smallest absolute Gasteiger partial charge is 0.248 e. The number of fused-ring (bicyclic) bond motifs is 1. The molecule has 2 fully saturated rings. The monoisotopic (exact) mass is 213 g/mol. The average Bonchev–Trinajstić information content (AvgIpc) is 2.75. The van der Waals surface area contributed by atoms with Gasteiger partial charge in [0.25, 0.3) is 0 Å². The summed E-state index contributed by atoms with van der Waals surface area (Å²) in [5.74, 6) is 0.0692. The summed E-state index contributed by atoms with van der Waals surface area (Å²) >= 11 is 0. The van der Waals surface area contributed by atoms with Gasteiger partial charge in [0.2, 0.25) is 5.91 Å². The van der Waals surface area contributed by atoms with Crippen molar-refractivity contribution in [2.24, 2.45) is 5.41 Å². The van der Waals surface area contributed by atoms with Crippen molar-refractivity contribution in [3.05, 3.63) is 0 Å². The van der Waals surface area contributed by atoms with Crippen LogP contribution in [-0.2, 0) is 9.53 Å². The summed E-state index contributed by atoms with van der Waals surface area (Å²) in [7, 11) is 1.54. The van der Waals surface area contributed by atoms with Gasteiger partial charge in [-0.25, -0.2) is 0 Å². The number of likely N-dealkylation sites (tertiary alicyclic amines) is 1. The highest BCUT2D eigenvalue weighted by Gasteiger charge is 2.51. The van der Waals surface area contributed by atoms with E-state index in [1.807, 2.05) is 4.90 Å². The van der Waals surface area contributed by atoms with Crippen molar-refractivity contribution < 1.29 is 14.6 Å². The van der Waals surface area contributed by atoms with Gasteiger partial charge in [0.15, 0.2) is 0 Å². The van der Waals surface area contributed by atoms with Crippen LogP contribution in [0.1, 0.15) is 25.7 Å². The maximum Gasteiger partial charge on any atom is 0.248 e. The molecule has 0 bridgehead atoms. The van der Waals surface area contributed by atoms with E-state index >= 15 is 0 Å². The second kappa shape index (κ2) is 4.10. The van der Waals surface area contributed by atoms with Gasteiger partial charge in [-0.05, 0) is 19.3 Å². The molecular formula is C11H19NO3. The number of aliphatic hydroxyl groups excluding tert-OH is 1. The van der Waals surface area contributed by atoms with Crippen LogP contribution in [0, 0.1) is 5.41 Å². The molecule has 0 aromatic rings. The minimum atomic E-state index is 0.00337. The van der Waals surface area contributed by atoms with Crippen molar-refractivity contribution in [3.8, 4) is 0 Å². The molecule has 2 rings (SSSR count). The Kier molecular flexibility index (Phi) is 2.98. The molecule has 15 heavy (non-hydrogen) atoms. The summed E-state index contributed by atoms with van der Waals surface area (Å²) in [5.41, 5.74) is 0.00337. The largest absolute Gasteiger partial charge is 0.396 e. The van der Waals surface area contributed by atoms with E-state index in [4.69, 9.17) is 4.74 Å². The lowest BCUT2D eigenvalue weighted by Gasteiger charge is -2.30. The topological polar surface area (TPSA) is 49.8 Å². The fourth-order valence-corrected chi connectivity index (χ4v) is 3.17. The first-order valence-electron chi connectivity index (χ1n) is 5.63. The van der Waals surface area contributed by atoms with Crippen LogP contribution in [0.3, 0.4) is 0 Å². The normalized spacial score (nSPS) is 34.5. The van der Waals surface area contributed by atoms with Crippen molar-refractivity contribution in [1.29, 1.82) is 0 Å². The van der Waals surface area contributed by atoms with E-state index in [9.17, 15) is 9.90 Å². The van der Waals surface area contributed by atoms with E-state index < -0.39 is 0 Å². The first-order chi connectivity index (χ1) is 7.23. The third-order valence-electron chi connectivity index (χ3n) is 3.99. The van der Waals surface area contributed by atoms with Gasteiger partial charge in [-0.15, -0.1) is 0 Å². The number of carbonyl (C=O) groups is 1. The Morgan fingerprint density at radius 3 is 3.07 bits per heavy atom. The molecule has 86 valence electrons. The number of aliphatic hydroxyl groups is 1. The van der Waals surface area contributed by atoms with E-state index in [2.05, 4.69) is 0 Å². The average molecular weight is 213 g/mol. The maximum absolute atomic E-state index is 11.8. The molecule has 0 aromatic heterocycles. The van der Waals surface area contributed by atoms with E-state index in [1.165, 1.54) is 0 Å². The molecule has 4 heteroatoms. The van der Waals surface area contributed by atoms with E-state index in [1.54, 1.807) is 7.11 Å². The number of nitrogens with zero attached hydrogens (tertiary/aromatic N) is 1. The van der Waals surface area contributed by atoms with Crippen LogP contribution in [-0.4, -0.2) is 48.8 Å². The van der Waals surface area contributed by atoms with Crippen molar-refractivity contribution in [1.82, 2.24) is 4.90 Å². The van der Waals surface area contributed by atoms with Crippen LogP contribution in [0.15, 0.2) is 0 Å². The number of carbonyl (C=O) groups excluding carboxylic acids is 1. The Balaban J connectivity index is 2.08. The molecule has 2 aliphatic rings. The third kappa shape index (κ3) is 1.66. The van der Waals surface area contributed by atoms with Crippen molar-refractivity contribution >= 4 is 5.91 Å². The quantitative estimate of drug-likeness (QED) is 0.738. The Bertz CT molecular complexity index is 256. The predicted octanol–water partition coefficient (Wildman–Crippen LogP) is 0.396. The lowest BCUT2D eigenvalue weighted by molar-refractivity contribution is -0.136. The van der Waals surface area contributed by atoms with Gasteiger partial charge >= 0.3 is 0 Å². The SMILES string of the molecule is COCC(=O)N1CCC2(CO)CCCC12. The molecule has 1 amide bonds. The van der Waals surface area contributed by atoms with Crippen molar-refractivity contribution in [3.63, 3.8) is 0 Å². The predicted molar refractivity (Wildman–Crippen MR) is 55.4 cm³/mol. The molecule has 0 aromatic carbocycles. The molecule has 0 spiro atoms. The van der Waals surface area contributed by atoms with Crippen LogP contribution in [0.4, 0.5) is 0 Å². The number of ether oxygens (including phenoxy) is 1. The van der Waals surface area contributed by atoms with Crippen LogP contribution < -0.4 is 0 Å². The molecule has 4 nitrogen and oxygen atoms in total. The first-order valence-corrected chi connectivity index (χ1v) is 5.63. The fraction of sp³-hybridized carbons (Fsp3) is 0.909. The van der Waals surface area contributed by atoms with E-state index in [0.717, 1.165) is 32.2 Å². The molecule has 1 aliphatic heterocycles. The summed E-state index contributed by atoms with van der Waals surface area (Å²) in [6.45, 7) is 1.17.